The summed E-state index contributed by atoms with van der Waals surface area (Å²) >= 11 is 12.3. The van der Waals surface area contributed by atoms with E-state index in [9.17, 15) is 4.79 Å². The SMILES string of the molecule is Cc1ccc(C(N)C(=O)Nc2c(Cl)ccc(C)c2Cl)cc1. The Hall–Kier alpha value is -1.55. The summed E-state index contributed by atoms with van der Waals surface area (Å²) in [5, 5.41) is 3.51. The molecule has 0 aliphatic rings. The van der Waals surface area contributed by atoms with Crippen LogP contribution in [0.4, 0.5) is 5.69 Å². The van der Waals surface area contributed by atoms with E-state index >= 15 is 0 Å². The Labute approximate surface area is 134 Å². The molecule has 3 nitrogen and oxygen atoms in total. The minimum atomic E-state index is -0.779. The van der Waals surface area contributed by atoms with Crippen LogP contribution in [0.15, 0.2) is 36.4 Å². The number of carbonyl (C=O) groups is 1. The Morgan fingerprint density at radius 3 is 2.33 bits per heavy atom. The topological polar surface area (TPSA) is 55.1 Å². The summed E-state index contributed by atoms with van der Waals surface area (Å²) in [4.78, 5) is 12.3. The molecule has 0 radical (unpaired) electrons. The van der Waals surface area contributed by atoms with Crippen molar-refractivity contribution in [1.82, 2.24) is 0 Å². The third-order valence-electron chi connectivity index (χ3n) is 3.25. The van der Waals surface area contributed by atoms with E-state index in [0.717, 1.165) is 16.7 Å². The van der Waals surface area contributed by atoms with Crippen molar-refractivity contribution >= 4 is 34.8 Å². The molecule has 0 heterocycles. The first-order valence-electron chi connectivity index (χ1n) is 6.47. The number of nitrogens with one attached hydrogen (secondary N) is 1. The van der Waals surface area contributed by atoms with Gasteiger partial charge in [0.05, 0.1) is 15.7 Å². The van der Waals surface area contributed by atoms with Crippen LogP contribution in [0.2, 0.25) is 10.0 Å². The smallest absolute Gasteiger partial charge is 0.245 e. The van der Waals surface area contributed by atoms with Crippen molar-refractivity contribution in [2.45, 2.75) is 19.9 Å². The Morgan fingerprint density at radius 1 is 1.10 bits per heavy atom. The molecule has 2 aromatic rings. The van der Waals surface area contributed by atoms with Gasteiger partial charge in [-0.1, -0.05) is 59.1 Å². The zero-order valence-corrected chi connectivity index (χ0v) is 13.3. The zero-order chi connectivity index (χ0) is 15.6. The van der Waals surface area contributed by atoms with Crippen molar-refractivity contribution in [3.63, 3.8) is 0 Å². The van der Waals surface area contributed by atoms with E-state index in [2.05, 4.69) is 5.32 Å². The van der Waals surface area contributed by atoms with Crippen LogP contribution in [-0.4, -0.2) is 5.91 Å². The number of rotatable bonds is 3. The van der Waals surface area contributed by atoms with Gasteiger partial charge in [0.1, 0.15) is 6.04 Å². The number of hydrogen-bond acceptors (Lipinski definition) is 2. The molecule has 0 aliphatic carbocycles. The highest BCUT2D eigenvalue weighted by Crippen LogP contribution is 2.33. The summed E-state index contributed by atoms with van der Waals surface area (Å²) in [5.41, 5.74) is 9.05. The second-order valence-electron chi connectivity index (χ2n) is 4.93. The molecule has 2 aromatic carbocycles. The molecule has 21 heavy (non-hydrogen) atoms. The van der Waals surface area contributed by atoms with Crippen LogP contribution < -0.4 is 11.1 Å². The Kier molecular flexibility index (Phi) is 4.88. The zero-order valence-electron chi connectivity index (χ0n) is 11.8. The standard InChI is InChI=1S/C16H16Cl2N2O/c1-9-3-6-11(7-4-9)14(19)16(21)20-15-12(17)8-5-10(2)13(15)18/h3-8,14H,19H2,1-2H3,(H,20,21). The summed E-state index contributed by atoms with van der Waals surface area (Å²) in [6, 6.07) is 10.2. The number of amides is 1. The van der Waals surface area contributed by atoms with Crippen molar-refractivity contribution in [2.75, 3.05) is 5.32 Å². The molecule has 1 amide bonds. The summed E-state index contributed by atoms with van der Waals surface area (Å²) in [5.74, 6) is -0.353. The van der Waals surface area contributed by atoms with Gasteiger partial charge in [0.2, 0.25) is 5.91 Å². The van der Waals surface area contributed by atoms with Crippen LogP contribution in [0.5, 0.6) is 0 Å². The number of hydrogen-bond donors (Lipinski definition) is 2. The molecule has 0 bridgehead atoms. The number of aryl methyl sites for hydroxylation is 2. The van der Waals surface area contributed by atoms with Crippen LogP contribution in [0.25, 0.3) is 0 Å². The first-order chi connectivity index (χ1) is 9.90. The van der Waals surface area contributed by atoms with Gasteiger partial charge >= 0.3 is 0 Å². The van der Waals surface area contributed by atoms with Crippen LogP contribution in [-0.2, 0) is 4.79 Å². The molecule has 1 unspecified atom stereocenters. The highest BCUT2D eigenvalue weighted by Gasteiger charge is 2.18. The van der Waals surface area contributed by atoms with Crippen LogP contribution in [0, 0.1) is 13.8 Å². The van der Waals surface area contributed by atoms with Gasteiger partial charge in [-0.25, -0.2) is 0 Å². The number of halogens is 2. The quantitative estimate of drug-likeness (QED) is 0.887. The van der Waals surface area contributed by atoms with Crippen molar-refractivity contribution < 1.29 is 4.79 Å². The maximum atomic E-state index is 12.3. The number of anilines is 1. The molecule has 5 heteroatoms. The predicted molar refractivity (Wildman–Crippen MR) is 87.9 cm³/mol. The van der Waals surface area contributed by atoms with E-state index in [4.69, 9.17) is 28.9 Å². The fourth-order valence-corrected chi connectivity index (χ4v) is 2.36. The van der Waals surface area contributed by atoms with E-state index in [-0.39, 0.29) is 5.91 Å². The van der Waals surface area contributed by atoms with Crippen molar-refractivity contribution in [1.29, 1.82) is 0 Å². The predicted octanol–water partition coefficient (Wildman–Crippen LogP) is 4.25. The average molecular weight is 323 g/mol. The minimum Gasteiger partial charge on any atom is -0.322 e. The molecule has 2 rings (SSSR count). The summed E-state index contributed by atoms with van der Waals surface area (Å²) in [6.07, 6.45) is 0. The van der Waals surface area contributed by atoms with Gasteiger partial charge < -0.3 is 11.1 Å². The Morgan fingerprint density at radius 2 is 1.71 bits per heavy atom. The van der Waals surface area contributed by atoms with Gasteiger partial charge in [-0.3, -0.25) is 4.79 Å². The molecule has 0 aromatic heterocycles. The fraction of sp³-hybridized carbons (Fsp3) is 0.188. The average Bonchev–Trinajstić information content (AvgIpc) is 2.47. The molecule has 1 atom stereocenters. The number of nitrogens with two attached hydrogens (primary N) is 1. The third-order valence-corrected chi connectivity index (χ3v) is 4.05. The van der Waals surface area contributed by atoms with Gasteiger partial charge in [0, 0.05) is 0 Å². The van der Waals surface area contributed by atoms with Gasteiger partial charge in [0.25, 0.3) is 0 Å². The molecular weight excluding hydrogens is 307 g/mol. The highest BCUT2D eigenvalue weighted by atomic mass is 35.5. The monoisotopic (exact) mass is 322 g/mol. The van der Waals surface area contributed by atoms with Crippen LogP contribution in [0.3, 0.4) is 0 Å². The lowest BCUT2D eigenvalue weighted by Crippen LogP contribution is -2.28. The van der Waals surface area contributed by atoms with Crippen LogP contribution >= 0.6 is 23.2 Å². The molecule has 3 N–H and O–H groups in total. The summed E-state index contributed by atoms with van der Waals surface area (Å²) in [6.45, 7) is 3.82. The van der Waals surface area contributed by atoms with Crippen LogP contribution in [0.1, 0.15) is 22.7 Å². The summed E-state index contributed by atoms with van der Waals surface area (Å²) < 4.78 is 0. The normalized spacial score (nSPS) is 12.0. The van der Waals surface area contributed by atoms with Crippen molar-refractivity contribution in [2.24, 2.45) is 5.73 Å². The van der Waals surface area contributed by atoms with Gasteiger partial charge in [-0.15, -0.1) is 0 Å². The Balaban J connectivity index is 2.22. The minimum absolute atomic E-state index is 0.353. The van der Waals surface area contributed by atoms with Crippen molar-refractivity contribution in [3.05, 3.63) is 63.1 Å². The van der Waals surface area contributed by atoms with E-state index < -0.39 is 6.04 Å². The van der Waals surface area contributed by atoms with E-state index in [1.165, 1.54) is 0 Å². The summed E-state index contributed by atoms with van der Waals surface area (Å²) in [7, 11) is 0. The van der Waals surface area contributed by atoms with Gasteiger partial charge in [-0.2, -0.15) is 0 Å². The number of carbonyl (C=O) groups excluding carboxylic acids is 1. The molecule has 0 fully saturated rings. The second-order valence-corrected chi connectivity index (χ2v) is 5.72. The molecule has 0 aliphatic heterocycles. The van der Waals surface area contributed by atoms with Gasteiger partial charge in [0.15, 0.2) is 0 Å². The molecule has 0 saturated heterocycles. The van der Waals surface area contributed by atoms with Crippen molar-refractivity contribution in [3.8, 4) is 0 Å². The molecule has 0 saturated carbocycles. The maximum Gasteiger partial charge on any atom is 0.245 e. The number of benzene rings is 2. The second kappa shape index (κ2) is 6.48. The molecular formula is C16H16Cl2N2O. The lowest BCUT2D eigenvalue weighted by Gasteiger charge is -2.15. The Bertz CT molecular complexity index is 669. The fourth-order valence-electron chi connectivity index (χ4n) is 1.90. The lowest BCUT2D eigenvalue weighted by atomic mass is 10.1. The van der Waals surface area contributed by atoms with E-state index in [0.29, 0.717) is 15.7 Å². The van der Waals surface area contributed by atoms with E-state index in [1.54, 1.807) is 12.1 Å². The largest absolute Gasteiger partial charge is 0.322 e. The first-order valence-corrected chi connectivity index (χ1v) is 7.23. The van der Waals surface area contributed by atoms with E-state index in [1.807, 2.05) is 38.1 Å². The lowest BCUT2D eigenvalue weighted by molar-refractivity contribution is -0.117. The van der Waals surface area contributed by atoms with Gasteiger partial charge in [-0.05, 0) is 31.0 Å². The first kappa shape index (κ1) is 15.8. The highest BCUT2D eigenvalue weighted by molar-refractivity contribution is 6.40. The third kappa shape index (κ3) is 3.56. The molecule has 110 valence electrons. The maximum absolute atomic E-state index is 12.3. The molecule has 0 spiro atoms.